The summed E-state index contributed by atoms with van der Waals surface area (Å²) in [7, 11) is 4.12. The Balaban J connectivity index is 1.51. The van der Waals surface area contributed by atoms with Crippen LogP contribution in [0.25, 0.3) is 6.08 Å². The Kier molecular flexibility index (Phi) is 8.63. The number of carbonyl (C=O) groups excluding carboxylic acids is 5. The number of para-hydroxylation sites is 2. The number of barbiturate groups is 1. The fraction of sp³-hybridized carbons (Fsp3) is 0.138. The molecular formula is C29H25N3O9. The molecule has 5 amide bonds. The van der Waals surface area contributed by atoms with Gasteiger partial charge in [0.25, 0.3) is 17.7 Å². The number of methoxy groups -OCH3 is 3. The second kappa shape index (κ2) is 12.5. The summed E-state index contributed by atoms with van der Waals surface area (Å²) in [5.74, 6) is -1.79. The Hall–Kier alpha value is -5.65. The molecule has 12 nitrogen and oxygen atoms in total. The van der Waals surface area contributed by atoms with Gasteiger partial charge in [-0.1, -0.05) is 18.2 Å². The van der Waals surface area contributed by atoms with Crippen molar-refractivity contribution in [2.24, 2.45) is 0 Å². The third-order valence-corrected chi connectivity index (χ3v) is 5.89. The van der Waals surface area contributed by atoms with Gasteiger partial charge in [-0.15, -0.1) is 0 Å². The number of carbonyl (C=O) groups is 5. The lowest BCUT2D eigenvalue weighted by molar-refractivity contribution is -0.122. The van der Waals surface area contributed by atoms with Gasteiger partial charge in [0.2, 0.25) is 0 Å². The van der Waals surface area contributed by atoms with Crippen LogP contribution >= 0.6 is 0 Å². The Bertz CT molecular complexity index is 1550. The number of anilines is 2. The minimum atomic E-state index is -0.935. The van der Waals surface area contributed by atoms with Gasteiger partial charge in [-0.2, -0.15) is 0 Å². The fourth-order valence-electron chi connectivity index (χ4n) is 3.89. The largest absolute Gasteiger partial charge is 0.495 e. The summed E-state index contributed by atoms with van der Waals surface area (Å²) < 4.78 is 20.9. The van der Waals surface area contributed by atoms with Gasteiger partial charge in [0.15, 0.2) is 18.1 Å². The summed E-state index contributed by atoms with van der Waals surface area (Å²) in [4.78, 5) is 63.1. The number of imide groups is 2. The van der Waals surface area contributed by atoms with Crippen LogP contribution in [0.3, 0.4) is 0 Å². The molecule has 2 N–H and O–H groups in total. The second-order valence-corrected chi connectivity index (χ2v) is 8.44. The molecule has 0 saturated carbocycles. The lowest BCUT2D eigenvalue weighted by atomic mass is 10.1. The highest BCUT2D eigenvalue weighted by Gasteiger charge is 2.37. The zero-order valence-corrected chi connectivity index (χ0v) is 22.3. The molecule has 0 aliphatic carbocycles. The highest BCUT2D eigenvalue weighted by atomic mass is 16.5. The Labute approximate surface area is 234 Å². The van der Waals surface area contributed by atoms with Gasteiger partial charge >= 0.3 is 12.0 Å². The normalized spacial score (nSPS) is 13.9. The van der Waals surface area contributed by atoms with Gasteiger partial charge in [0.1, 0.15) is 11.3 Å². The topological polar surface area (TPSA) is 150 Å². The van der Waals surface area contributed by atoms with Crippen molar-refractivity contribution < 1.29 is 42.9 Å². The minimum Gasteiger partial charge on any atom is -0.495 e. The van der Waals surface area contributed by atoms with E-state index in [0.29, 0.717) is 17.0 Å². The number of urea groups is 1. The zero-order chi connectivity index (χ0) is 29.5. The van der Waals surface area contributed by atoms with Crippen LogP contribution in [0.1, 0.15) is 15.9 Å². The van der Waals surface area contributed by atoms with Crippen molar-refractivity contribution in [3.05, 3.63) is 83.4 Å². The maximum Gasteiger partial charge on any atom is 0.337 e. The molecule has 12 heteroatoms. The number of hydrogen-bond acceptors (Lipinski definition) is 9. The molecule has 0 spiro atoms. The number of esters is 1. The quantitative estimate of drug-likeness (QED) is 0.229. The van der Waals surface area contributed by atoms with Crippen LogP contribution in [0.2, 0.25) is 0 Å². The van der Waals surface area contributed by atoms with E-state index in [0.717, 1.165) is 4.90 Å². The Morgan fingerprint density at radius 1 is 0.878 bits per heavy atom. The van der Waals surface area contributed by atoms with Crippen molar-refractivity contribution in [3.63, 3.8) is 0 Å². The first kappa shape index (κ1) is 28.4. The number of amides is 5. The highest BCUT2D eigenvalue weighted by molar-refractivity contribution is 6.39. The molecule has 0 aromatic heterocycles. The van der Waals surface area contributed by atoms with Crippen molar-refractivity contribution in [3.8, 4) is 17.2 Å². The molecule has 210 valence electrons. The van der Waals surface area contributed by atoms with E-state index in [2.05, 4.69) is 15.4 Å². The molecule has 0 atom stereocenters. The number of hydrogen-bond donors (Lipinski definition) is 2. The van der Waals surface area contributed by atoms with Gasteiger partial charge in [0.05, 0.1) is 38.3 Å². The average Bonchev–Trinajstić information content (AvgIpc) is 2.98. The van der Waals surface area contributed by atoms with Crippen LogP contribution < -0.4 is 29.7 Å². The second-order valence-electron chi connectivity index (χ2n) is 8.44. The predicted molar refractivity (Wildman–Crippen MR) is 147 cm³/mol. The van der Waals surface area contributed by atoms with E-state index >= 15 is 0 Å². The van der Waals surface area contributed by atoms with Crippen molar-refractivity contribution in [2.75, 3.05) is 38.2 Å². The standard InChI is InChI=1S/C29H25N3O9/c1-38-22-7-5-4-6-21(22)30-25(33)16-41-23-13-8-17(15-24(23)39-2)14-20-26(34)31-29(37)32(27(20)35)19-11-9-18(10-12-19)28(36)40-3/h4-15H,16H2,1-3H3,(H,30,33)(H,31,34,37)/b20-14-. The molecule has 1 aliphatic heterocycles. The van der Waals surface area contributed by atoms with E-state index in [4.69, 9.17) is 14.2 Å². The lowest BCUT2D eigenvalue weighted by Gasteiger charge is -2.26. The van der Waals surface area contributed by atoms with E-state index in [1.807, 2.05) is 0 Å². The molecule has 1 heterocycles. The molecule has 3 aromatic carbocycles. The fourth-order valence-corrected chi connectivity index (χ4v) is 3.89. The molecule has 0 bridgehead atoms. The van der Waals surface area contributed by atoms with Crippen molar-refractivity contribution in [1.82, 2.24) is 5.32 Å². The van der Waals surface area contributed by atoms with Crippen LogP contribution in [-0.4, -0.2) is 57.7 Å². The first-order valence-electron chi connectivity index (χ1n) is 12.1. The van der Waals surface area contributed by atoms with Gasteiger partial charge in [-0.3, -0.25) is 19.7 Å². The van der Waals surface area contributed by atoms with E-state index in [9.17, 15) is 24.0 Å². The maximum absolute atomic E-state index is 13.2. The summed E-state index contributed by atoms with van der Waals surface area (Å²) >= 11 is 0. The smallest absolute Gasteiger partial charge is 0.337 e. The molecule has 0 radical (unpaired) electrons. The number of benzene rings is 3. The van der Waals surface area contributed by atoms with Gasteiger partial charge in [0, 0.05) is 0 Å². The van der Waals surface area contributed by atoms with Crippen LogP contribution in [0, 0.1) is 0 Å². The molecule has 0 unspecified atom stereocenters. The highest BCUT2D eigenvalue weighted by Crippen LogP contribution is 2.30. The van der Waals surface area contributed by atoms with E-state index in [1.165, 1.54) is 63.8 Å². The third-order valence-electron chi connectivity index (χ3n) is 5.89. The number of ether oxygens (including phenoxy) is 4. The number of nitrogens with zero attached hydrogens (tertiary/aromatic N) is 1. The first-order valence-corrected chi connectivity index (χ1v) is 12.1. The summed E-state index contributed by atoms with van der Waals surface area (Å²) in [5, 5.41) is 4.84. The Morgan fingerprint density at radius 2 is 1.59 bits per heavy atom. The first-order chi connectivity index (χ1) is 19.7. The van der Waals surface area contributed by atoms with Crippen LogP contribution in [0.5, 0.6) is 17.2 Å². The van der Waals surface area contributed by atoms with E-state index in [1.54, 1.807) is 30.3 Å². The molecular weight excluding hydrogens is 534 g/mol. The Morgan fingerprint density at radius 3 is 2.27 bits per heavy atom. The van der Waals surface area contributed by atoms with Crippen molar-refractivity contribution in [1.29, 1.82) is 0 Å². The third kappa shape index (κ3) is 6.33. The number of rotatable bonds is 9. The van der Waals surface area contributed by atoms with Crippen LogP contribution in [0.4, 0.5) is 16.2 Å². The van der Waals surface area contributed by atoms with Gasteiger partial charge in [-0.05, 0) is 60.2 Å². The van der Waals surface area contributed by atoms with Gasteiger partial charge < -0.3 is 24.3 Å². The van der Waals surface area contributed by atoms with Crippen LogP contribution in [0.15, 0.2) is 72.3 Å². The molecule has 41 heavy (non-hydrogen) atoms. The zero-order valence-electron chi connectivity index (χ0n) is 22.3. The maximum atomic E-state index is 13.2. The van der Waals surface area contributed by atoms with Crippen molar-refractivity contribution >= 4 is 47.2 Å². The summed E-state index contributed by atoms with van der Waals surface area (Å²) in [6, 6.07) is 16.1. The van der Waals surface area contributed by atoms with E-state index in [-0.39, 0.29) is 34.9 Å². The van der Waals surface area contributed by atoms with Gasteiger partial charge in [-0.25, -0.2) is 14.5 Å². The molecule has 1 fully saturated rings. The summed E-state index contributed by atoms with van der Waals surface area (Å²) in [6.45, 7) is -0.332. The van der Waals surface area contributed by atoms with E-state index < -0.39 is 29.7 Å². The SMILES string of the molecule is COC(=O)c1ccc(N2C(=O)NC(=O)/C(=C/c3ccc(OCC(=O)Nc4ccccc4OC)c(OC)c3)C2=O)cc1. The van der Waals surface area contributed by atoms with Crippen LogP contribution in [-0.2, 0) is 19.1 Å². The molecule has 4 rings (SSSR count). The summed E-state index contributed by atoms with van der Waals surface area (Å²) in [5.41, 5.74) is 0.931. The molecule has 1 aliphatic rings. The monoisotopic (exact) mass is 559 g/mol. The molecule has 1 saturated heterocycles. The lowest BCUT2D eigenvalue weighted by Crippen LogP contribution is -2.54. The summed E-state index contributed by atoms with van der Waals surface area (Å²) in [6.07, 6.45) is 1.29. The average molecular weight is 560 g/mol. The minimum absolute atomic E-state index is 0.145. The molecule has 3 aromatic rings. The van der Waals surface area contributed by atoms with Crippen molar-refractivity contribution in [2.45, 2.75) is 0 Å². The predicted octanol–water partition coefficient (Wildman–Crippen LogP) is 3.17. The number of nitrogens with one attached hydrogen (secondary N) is 2.